The van der Waals surface area contributed by atoms with E-state index >= 15 is 0 Å². The van der Waals surface area contributed by atoms with Gasteiger partial charge in [-0.1, -0.05) is 11.6 Å². The molecule has 0 saturated heterocycles. The third-order valence-electron chi connectivity index (χ3n) is 2.59. The van der Waals surface area contributed by atoms with Crippen LogP contribution in [0.15, 0.2) is 23.6 Å². The highest BCUT2D eigenvalue weighted by Crippen LogP contribution is 2.24. The third kappa shape index (κ3) is 3.85. The van der Waals surface area contributed by atoms with Crippen LogP contribution < -0.4 is 11.1 Å². The Hall–Kier alpha value is -1.90. The predicted molar refractivity (Wildman–Crippen MR) is 85.7 cm³/mol. The molecule has 0 radical (unpaired) electrons. The number of amides is 2. The number of nitrogens with one attached hydrogen (secondary N) is 1. The number of hydrogen-bond acceptors (Lipinski definition) is 6. The van der Waals surface area contributed by atoms with Gasteiger partial charge in [0.05, 0.1) is 9.90 Å². The normalized spacial score (nSPS) is 11.7. The lowest BCUT2D eigenvalue weighted by molar-refractivity contribution is -0.123. The van der Waals surface area contributed by atoms with Gasteiger partial charge in [-0.2, -0.15) is 0 Å². The summed E-state index contributed by atoms with van der Waals surface area (Å²) in [6.07, 6.45) is -1.03. The summed E-state index contributed by atoms with van der Waals surface area (Å²) >= 11 is 7.95. The van der Waals surface area contributed by atoms with Gasteiger partial charge in [0.25, 0.3) is 11.8 Å². The number of hydrogen-bond donors (Lipinski definition) is 2. The molecule has 0 fully saturated rings. The minimum Gasteiger partial charge on any atom is -0.448 e. The summed E-state index contributed by atoms with van der Waals surface area (Å²) in [5.74, 6) is -1.84. The molecule has 0 saturated carbocycles. The lowest BCUT2D eigenvalue weighted by Gasteiger charge is -2.12. The number of ether oxygens (including phenoxy) is 1. The lowest BCUT2D eigenvalue weighted by Crippen LogP contribution is -2.30. The van der Waals surface area contributed by atoms with Crippen LogP contribution in [0.5, 0.6) is 0 Å². The van der Waals surface area contributed by atoms with E-state index in [1.165, 1.54) is 19.1 Å². The summed E-state index contributed by atoms with van der Waals surface area (Å²) in [5.41, 5.74) is 5.40. The Morgan fingerprint density at radius 3 is 2.64 bits per heavy atom. The fraction of sp³-hybridized carbons (Fsp3) is 0.154. The Balaban J connectivity index is 1.99. The van der Waals surface area contributed by atoms with E-state index in [9.17, 15) is 14.4 Å². The zero-order valence-corrected chi connectivity index (χ0v) is 13.7. The van der Waals surface area contributed by atoms with Gasteiger partial charge in [-0.15, -0.1) is 22.7 Å². The summed E-state index contributed by atoms with van der Waals surface area (Å²) in [4.78, 5) is 35.3. The molecule has 0 spiro atoms. The van der Waals surface area contributed by atoms with Gasteiger partial charge in [0, 0.05) is 0 Å². The Kier molecular flexibility index (Phi) is 5.17. The topological polar surface area (TPSA) is 98.5 Å². The molecule has 2 rings (SSSR count). The molecule has 2 aromatic rings. The van der Waals surface area contributed by atoms with Crippen molar-refractivity contribution in [3.63, 3.8) is 0 Å². The van der Waals surface area contributed by atoms with E-state index in [1.54, 1.807) is 11.4 Å². The number of esters is 1. The van der Waals surface area contributed by atoms with E-state index in [0.717, 1.165) is 22.7 Å². The van der Waals surface area contributed by atoms with E-state index in [2.05, 4.69) is 5.32 Å². The number of halogens is 1. The quantitative estimate of drug-likeness (QED) is 0.803. The maximum absolute atomic E-state index is 12.0. The van der Waals surface area contributed by atoms with Crippen LogP contribution in [0.1, 0.15) is 27.0 Å². The van der Waals surface area contributed by atoms with E-state index < -0.39 is 23.9 Å². The summed E-state index contributed by atoms with van der Waals surface area (Å²) in [5, 5.41) is 4.46. The maximum atomic E-state index is 12.0. The molecular weight excluding hydrogens is 348 g/mol. The van der Waals surface area contributed by atoms with Gasteiger partial charge in [-0.25, -0.2) is 4.79 Å². The van der Waals surface area contributed by atoms with Gasteiger partial charge >= 0.3 is 5.97 Å². The Bertz CT molecular complexity index is 725. The molecule has 9 heteroatoms. The molecule has 3 N–H and O–H groups in total. The molecule has 2 aromatic heterocycles. The van der Waals surface area contributed by atoms with Crippen molar-refractivity contribution in [2.24, 2.45) is 5.73 Å². The maximum Gasteiger partial charge on any atom is 0.349 e. The SMILES string of the molecule is C[C@@H](OC(=O)c1ccc(Cl)s1)C(=O)Nc1sccc1C(N)=O. The average molecular weight is 359 g/mol. The van der Waals surface area contributed by atoms with Crippen molar-refractivity contribution >= 4 is 57.1 Å². The largest absolute Gasteiger partial charge is 0.448 e. The van der Waals surface area contributed by atoms with E-state index in [0.29, 0.717) is 14.2 Å². The Morgan fingerprint density at radius 1 is 1.32 bits per heavy atom. The second kappa shape index (κ2) is 6.91. The Morgan fingerprint density at radius 2 is 2.05 bits per heavy atom. The second-order valence-electron chi connectivity index (χ2n) is 4.17. The van der Waals surface area contributed by atoms with Gasteiger partial charge in [-0.05, 0) is 30.5 Å². The predicted octanol–water partition coefficient (Wildman–Crippen LogP) is 2.75. The molecule has 1 atom stereocenters. The molecular formula is C13H11ClN2O4S2. The zero-order chi connectivity index (χ0) is 16.3. The first kappa shape index (κ1) is 16.5. The number of nitrogens with two attached hydrogens (primary N) is 1. The summed E-state index contributed by atoms with van der Waals surface area (Å²) in [6.45, 7) is 1.43. The molecule has 2 heterocycles. The number of rotatable bonds is 5. The molecule has 0 unspecified atom stereocenters. The van der Waals surface area contributed by atoms with Crippen molar-refractivity contribution in [2.45, 2.75) is 13.0 Å². The fourth-order valence-electron chi connectivity index (χ4n) is 1.51. The summed E-state index contributed by atoms with van der Waals surface area (Å²) in [7, 11) is 0. The molecule has 0 aromatic carbocycles. The van der Waals surface area contributed by atoms with Gasteiger partial charge in [0.15, 0.2) is 6.10 Å². The first-order valence-electron chi connectivity index (χ1n) is 6.03. The van der Waals surface area contributed by atoms with Crippen LogP contribution in [-0.2, 0) is 9.53 Å². The highest BCUT2D eigenvalue weighted by atomic mass is 35.5. The molecule has 22 heavy (non-hydrogen) atoms. The van der Waals surface area contributed by atoms with Crippen LogP contribution in [0.25, 0.3) is 0 Å². The number of carbonyl (C=O) groups is 3. The average Bonchev–Trinajstić information content (AvgIpc) is 3.07. The number of carbonyl (C=O) groups excluding carboxylic acids is 3. The van der Waals surface area contributed by atoms with Crippen molar-refractivity contribution in [2.75, 3.05) is 5.32 Å². The summed E-state index contributed by atoms with van der Waals surface area (Å²) in [6, 6.07) is 4.59. The Labute approximate surface area is 138 Å². The van der Waals surface area contributed by atoms with Crippen LogP contribution >= 0.6 is 34.3 Å². The molecule has 0 aliphatic heterocycles. The van der Waals surface area contributed by atoms with Crippen molar-refractivity contribution in [3.05, 3.63) is 38.4 Å². The molecule has 6 nitrogen and oxygen atoms in total. The first-order chi connectivity index (χ1) is 10.4. The second-order valence-corrected chi connectivity index (χ2v) is 6.80. The van der Waals surface area contributed by atoms with E-state index in [-0.39, 0.29) is 5.56 Å². The van der Waals surface area contributed by atoms with Gasteiger partial charge < -0.3 is 15.8 Å². The smallest absolute Gasteiger partial charge is 0.349 e. The summed E-state index contributed by atoms with van der Waals surface area (Å²) < 4.78 is 5.50. The van der Waals surface area contributed by atoms with Crippen LogP contribution in [0, 0.1) is 0 Å². The minimum absolute atomic E-state index is 0.210. The van der Waals surface area contributed by atoms with Crippen molar-refractivity contribution < 1.29 is 19.1 Å². The van der Waals surface area contributed by atoms with Crippen LogP contribution in [0.3, 0.4) is 0 Å². The first-order valence-corrected chi connectivity index (χ1v) is 8.10. The van der Waals surface area contributed by atoms with Crippen LogP contribution in [0.4, 0.5) is 5.00 Å². The van der Waals surface area contributed by atoms with Gasteiger partial charge in [0.1, 0.15) is 9.88 Å². The third-order valence-corrected chi connectivity index (χ3v) is 4.64. The lowest BCUT2D eigenvalue weighted by atomic mass is 10.3. The minimum atomic E-state index is -1.03. The molecule has 0 bridgehead atoms. The van der Waals surface area contributed by atoms with Crippen molar-refractivity contribution in [1.82, 2.24) is 0 Å². The van der Waals surface area contributed by atoms with Crippen molar-refractivity contribution in [1.29, 1.82) is 0 Å². The highest BCUT2D eigenvalue weighted by Gasteiger charge is 2.22. The number of thiophene rings is 2. The molecule has 2 amide bonds. The van der Waals surface area contributed by atoms with Gasteiger partial charge in [-0.3, -0.25) is 9.59 Å². The molecule has 0 aliphatic carbocycles. The number of anilines is 1. The van der Waals surface area contributed by atoms with E-state index in [4.69, 9.17) is 22.1 Å². The van der Waals surface area contributed by atoms with Gasteiger partial charge in [0.2, 0.25) is 0 Å². The standard InChI is InChI=1S/C13H11ClN2O4S2/c1-6(20-13(19)8-2-3-9(14)22-8)11(18)16-12-7(10(15)17)4-5-21-12/h2-6H,1H3,(H2,15,17)(H,16,18)/t6-/m1/s1. The van der Waals surface area contributed by atoms with Crippen molar-refractivity contribution in [3.8, 4) is 0 Å². The van der Waals surface area contributed by atoms with Crippen LogP contribution in [0.2, 0.25) is 4.34 Å². The molecule has 0 aliphatic rings. The monoisotopic (exact) mass is 358 g/mol. The number of primary amides is 1. The molecule has 116 valence electrons. The van der Waals surface area contributed by atoms with E-state index in [1.807, 2.05) is 0 Å². The fourth-order valence-corrected chi connectivity index (χ4v) is 3.23. The van der Waals surface area contributed by atoms with Crippen LogP contribution in [-0.4, -0.2) is 23.9 Å². The zero-order valence-electron chi connectivity index (χ0n) is 11.3. The highest BCUT2D eigenvalue weighted by molar-refractivity contribution is 7.17.